The number of piperazine rings is 1. The lowest BCUT2D eigenvalue weighted by molar-refractivity contribution is 0.153. The first-order chi connectivity index (χ1) is 9.26. The summed E-state index contributed by atoms with van der Waals surface area (Å²) in [7, 11) is 2.22. The molecule has 1 aliphatic carbocycles. The van der Waals surface area contributed by atoms with E-state index in [-0.39, 0.29) is 0 Å². The van der Waals surface area contributed by atoms with Crippen molar-refractivity contribution in [3.8, 4) is 0 Å². The monoisotopic (exact) mass is 264 g/mol. The van der Waals surface area contributed by atoms with Crippen LogP contribution in [0.25, 0.3) is 0 Å². The Morgan fingerprint density at radius 3 is 2.37 bits per heavy atom. The molecule has 0 aromatic carbocycles. The smallest absolute Gasteiger partial charge is 0.0110 e. The van der Waals surface area contributed by atoms with Crippen molar-refractivity contribution in [3.63, 3.8) is 0 Å². The largest absolute Gasteiger partial charge is 0.304 e. The van der Waals surface area contributed by atoms with Crippen molar-refractivity contribution < 1.29 is 0 Å². The Balaban J connectivity index is 0.000000550. The average molecular weight is 264 g/mol. The molecule has 0 aromatic heterocycles. The maximum absolute atomic E-state index is 2.61. The highest BCUT2D eigenvalue weighted by atomic mass is 15.2. The maximum atomic E-state index is 2.61. The molecule has 1 aliphatic heterocycles. The van der Waals surface area contributed by atoms with Gasteiger partial charge in [0.05, 0.1) is 0 Å². The predicted octanol–water partition coefficient (Wildman–Crippen LogP) is 3.71. The van der Waals surface area contributed by atoms with E-state index in [1.165, 1.54) is 64.8 Å². The minimum absolute atomic E-state index is 1.24. The highest BCUT2D eigenvalue weighted by molar-refractivity contribution is 5.17. The molecule has 0 N–H and O–H groups in total. The summed E-state index contributed by atoms with van der Waals surface area (Å²) in [5.41, 5.74) is 1.65. The summed E-state index contributed by atoms with van der Waals surface area (Å²) in [4.78, 5) is 5.03. The number of nitrogens with zero attached hydrogens (tertiary/aromatic N) is 2. The number of likely N-dealkylation sites (N-methyl/N-ethyl adjacent to an activating group) is 1. The van der Waals surface area contributed by atoms with Gasteiger partial charge in [-0.15, -0.1) is 0 Å². The predicted molar refractivity (Wildman–Crippen MR) is 85.6 cm³/mol. The van der Waals surface area contributed by atoms with E-state index in [0.29, 0.717) is 0 Å². The lowest BCUT2D eigenvalue weighted by atomic mass is 10.0. The van der Waals surface area contributed by atoms with Crippen LogP contribution >= 0.6 is 0 Å². The van der Waals surface area contributed by atoms with Crippen LogP contribution in [0.2, 0.25) is 0 Å². The van der Waals surface area contributed by atoms with Crippen LogP contribution in [-0.2, 0) is 0 Å². The van der Waals surface area contributed by atoms with Gasteiger partial charge in [-0.05, 0) is 39.3 Å². The number of rotatable bonds is 4. The Morgan fingerprint density at radius 1 is 1.11 bits per heavy atom. The van der Waals surface area contributed by atoms with E-state index in [1.807, 2.05) is 0 Å². The van der Waals surface area contributed by atoms with Crippen molar-refractivity contribution in [2.45, 2.75) is 46.0 Å². The third-order valence-electron chi connectivity index (χ3n) is 3.67. The standard InChI is InChI=1S/C14H24N2.C3H8/c1-15-10-12-16(13-11-15)9-5-8-14-6-3-2-4-7-14;1-3-2/h2-3,6H,4-5,7-13H2,1H3;3H2,1-2H3. The maximum Gasteiger partial charge on any atom is 0.0110 e. The fourth-order valence-electron chi connectivity index (χ4n) is 2.46. The molecule has 0 unspecified atom stereocenters. The Labute approximate surface area is 120 Å². The molecule has 110 valence electrons. The van der Waals surface area contributed by atoms with Crippen LogP contribution in [0, 0.1) is 0 Å². The van der Waals surface area contributed by atoms with Crippen LogP contribution in [0.5, 0.6) is 0 Å². The van der Waals surface area contributed by atoms with Gasteiger partial charge in [-0.3, -0.25) is 0 Å². The van der Waals surface area contributed by atoms with Gasteiger partial charge in [0.15, 0.2) is 0 Å². The fourth-order valence-corrected chi connectivity index (χ4v) is 2.46. The van der Waals surface area contributed by atoms with E-state index in [9.17, 15) is 0 Å². The van der Waals surface area contributed by atoms with Crippen LogP contribution in [0.3, 0.4) is 0 Å². The summed E-state index contributed by atoms with van der Waals surface area (Å²) in [5, 5.41) is 0. The van der Waals surface area contributed by atoms with E-state index in [2.05, 4.69) is 48.9 Å². The SMILES string of the molecule is CCC.CN1CCN(CCCC2=CC=CCC2)CC1. The van der Waals surface area contributed by atoms with Gasteiger partial charge in [-0.2, -0.15) is 0 Å². The van der Waals surface area contributed by atoms with Crippen molar-refractivity contribution in [1.82, 2.24) is 9.80 Å². The number of allylic oxidation sites excluding steroid dienone is 4. The third-order valence-corrected chi connectivity index (χ3v) is 3.67. The summed E-state index contributed by atoms with van der Waals surface area (Å²) in [6, 6.07) is 0. The van der Waals surface area contributed by atoms with Crippen molar-refractivity contribution >= 4 is 0 Å². The topological polar surface area (TPSA) is 6.48 Å². The zero-order chi connectivity index (χ0) is 13.9. The minimum Gasteiger partial charge on any atom is -0.304 e. The molecule has 1 fully saturated rings. The second-order valence-corrected chi connectivity index (χ2v) is 5.75. The van der Waals surface area contributed by atoms with Gasteiger partial charge in [0.2, 0.25) is 0 Å². The molecule has 0 atom stereocenters. The quantitative estimate of drug-likeness (QED) is 0.764. The summed E-state index contributed by atoms with van der Waals surface area (Å²) >= 11 is 0. The second-order valence-electron chi connectivity index (χ2n) is 5.75. The molecule has 0 saturated carbocycles. The molecule has 0 radical (unpaired) electrons. The van der Waals surface area contributed by atoms with Gasteiger partial charge in [0, 0.05) is 26.2 Å². The van der Waals surface area contributed by atoms with E-state index in [4.69, 9.17) is 0 Å². The minimum atomic E-state index is 1.24. The summed E-state index contributed by atoms with van der Waals surface area (Å²) in [6.07, 6.45) is 13.2. The number of hydrogen-bond acceptors (Lipinski definition) is 2. The Kier molecular flexibility index (Phi) is 8.85. The van der Waals surface area contributed by atoms with Crippen LogP contribution in [-0.4, -0.2) is 49.6 Å². The first-order valence-corrected chi connectivity index (χ1v) is 8.01. The van der Waals surface area contributed by atoms with Crippen LogP contribution in [0.1, 0.15) is 46.0 Å². The molecule has 2 rings (SSSR count). The molecule has 0 spiro atoms. The Bertz CT molecular complexity index is 273. The van der Waals surface area contributed by atoms with Crippen molar-refractivity contribution in [2.24, 2.45) is 0 Å². The molecule has 2 aliphatic rings. The van der Waals surface area contributed by atoms with Crippen LogP contribution < -0.4 is 0 Å². The fraction of sp³-hybridized carbons (Fsp3) is 0.765. The van der Waals surface area contributed by atoms with Crippen molar-refractivity contribution in [1.29, 1.82) is 0 Å². The van der Waals surface area contributed by atoms with Gasteiger partial charge in [0.1, 0.15) is 0 Å². The van der Waals surface area contributed by atoms with E-state index in [1.54, 1.807) is 5.57 Å². The van der Waals surface area contributed by atoms with Gasteiger partial charge >= 0.3 is 0 Å². The zero-order valence-corrected chi connectivity index (χ0v) is 13.2. The molecular formula is C17H32N2. The highest BCUT2D eigenvalue weighted by Crippen LogP contribution is 2.17. The lowest BCUT2D eigenvalue weighted by Gasteiger charge is -2.32. The zero-order valence-electron chi connectivity index (χ0n) is 13.2. The van der Waals surface area contributed by atoms with Gasteiger partial charge < -0.3 is 9.80 Å². The first-order valence-electron chi connectivity index (χ1n) is 8.01. The van der Waals surface area contributed by atoms with E-state index < -0.39 is 0 Å². The number of hydrogen-bond donors (Lipinski definition) is 0. The van der Waals surface area contributed by atoms with Crippen LogP contribution in [0.4, 0.5) is 0 Å². The normalized spacial score (nSPS) is 20.7. The van der Waals surface area contributed by atoms with Gasteiger partial charge in [-0.25, -0.2) is 0 Å². The molecule has 19 heavy (non-hydrogen) atoms. The second kappa shape index (κ2) is 10.2. The molecule has 2 nitrogen and oxygen atoms in total. The van der Waals surface area contributed by atoms with E-state index in [0.717, 1.165) is 0 Å². The summed E-state index contributed by atoms with van der Waals surface area (Å²) in [6.45, 7) is 10.5. The van der Waals surface area contributed by atoms with Gasteiger partial charge in [-0.1, -0.05) is 44.1 Å². The summed E-state index contributed by atoms with van der Waals surface area (Å²) < 4.78 is 0. The summed E-state index contributed by atoms with van der Waals surface area (Å²) in [5.74, 6) is 0. The Morgan fingerprint density at radius 2 is 1.79 bits per heavy atom. The van der Waals surface area contributed by atoms with E-state index >= 15 is 0 Å². The molecule has 1 heterocycles. The highest BCUT2D eigenvalue weighted by Gasteiger charge is 2.12. The molecule has 1 saturated heterocycles. The molecular weight excluding hydrogens is 232 g/mol. The van der Waals surface area contributed by atoms with Crippen LogP contribution in [0.15, 0.2) is 23.8 Å². The molecule has 0 amide bonds. The first kappa shape index (κ1) is 16.5. The molecule has 0 bridgehead atoms. The van der Waals surface area contributed by atoms with Crippen molar-refractivity contribution in [2.75, 3.05) is 39.8 Å². The van der Waals surface area contributed by atoms with Gasteiger partial charge in [0.25, 0.3) is 0 Å². The molecule has 0 aromatic rings. The average Bonchev–Trinajstić information content (AvgIpc) is 2.43. The third kappa shape index (κ3) is 7.54. The Hall–Kier alpha value is -0.600. The lowest BCUT2D eigenvalue weighted by Crippen LogP contribution is -2.44. The molecule has 2 heteroatoms. The van der Waals surface area contributed by atoms with Crippen molar-refractivity contribution in [3.05, 3.63) is 23.8 Å².